The molecule has 9 heteroatoms. The Bertz CT molecular complexity index is 1230. The third-order valence-electron chi connectivity index (χ3n) is 6.51. The van der Waals surface area contributed by atoms with Gasteiger partial charge in [0.2, 0.25) is 11.8 Å². The predicted molar refractivity (Wildman–Crippen MR) is 150 cm³/mol. The van der Waals surface area contributed by atoms with Gasteiger partial charge >= 0.3 is 6.09 Å². The number of ether oxygens (including phenoxy) is 1. The molecule has 3 rings (SSSR count). The molecule has 1 aliphatic carbocycles. The summed E-state index contributed by atoms with van der Waals surface area (Å²) in [6, 6.07) is 10.9. The number of amides is 4. The van der Waals surface area contributed by atoms with Gasteiger partial charge in [0.05, 0.1) is 0 Å². The molecular weight excluding hydrogens is 496 g/mol. The van der Waals surface area contributed by atoms with Crippen LogP contribution in [0, 0.1) is 20.8 Å². The Kier molecular flexibility index (Phi) is 9.37. The normalized spacial score (nSPS) is 14.6. The number of rotatable bonds is 10. The van der Waals surface area contributed by atoms with Gasteiger partial charge in [0, 0.05) is 18.2 Å². The molecule has 0 spiro atoms. The molecule has 4 N–H and O–H groups in total. The Morgan fingerprint density at radius 3 is 2.26 bits per heavy atom. The lowest BCUT2D eigenvalue weighted by Crippen LogP contribution is -2.53. The Morgan fingerprint density at radius 2 is 1.69 bits per heavy atom. The van der Waals surface area contributed by atoms with Gasteiger partial charge in [0.25, 0.3) is 5.91 Å². The first-order valence-electron chi connectivity index (χ1n) is 13.3. The van der Waals surface area contributed by atoms with Crippen molar-refractivity contribution in [2.75, 3.05) is 5.32 Å². The van der Waals surface area contributed by atoms with Gasteiger partial charge in [-0.25, -0.2) is 4.79 Å². The van der Waals surface area contributed by atoms with Gasteiger partial charge < -0.3 is 26.0 Å². The van der Waals surface area contributed by atoms with Gasteiger partial charge in [0.1, 0.15) is 17.7 Å². The smallest absolute Gasteiger partial charge is 0.408 e. The van der Waals surface area contributed by atoms with Crippen molar-refractivity contribution in [3.05, 3.63) is 64.7 Å². The molecule has 1 saturated carbocycles. The van der Waals surface area contributed by atoms with E-state index in [1.54, 1.807) is 25.7 Å². The zero-order valence-electron chi connectivity index (χ0n) is 23.7. The molecule has 1 fully saturated rings. The van der Waals surface area contributed by atoms with E-state index < -0.39 is 35.6 Å². The summed E-state index contributed by atoms with van der Waals surface area (Å²) >= 11 is 0. The highest BCUT2D eigenvalue weighted by atomic mass is 16.6. The Labute approximate surface area is 230 Å². The van der Waals surface area contributed by atoms with Gasteiger partial charge in [-0.3, -0.25) is 14.4 Å². The van der Waals surface area contributed by atoms with Crippen molar-refractivity contribution in [2.24, 2.45) is 5.73 Å². The molecule has 0 saturated heterocycles. The molecule has 2 atom stereocenters. The summed E-state index contributed by atoms with van der Waals surface area (Å²) in [7, 11) is 0. The molecule has 2 aromatic rings. The average Bonchev–Trinajstić information content (AvgIpc) is 3.65. The number of primary amides is 1. The lowest BCUT2D eigenvalue weighted by atomic mass is 9.95. The number of hydrogen-bond donors (Lipinski definition) is 3. The first-order chi connectivity index (χ1) is 18.3. The zero-order chi connectivity index (χ0) is 28.9. The standard InChI is InChI=1S/C30H40N4O5/c1-18-11-14-22(20(3)17-18)26(27(36)32-23-10-8-7-9-19(23)2)34(21-12-13-21)28(37)24(15-16-25(31)35)33-29(38)39-30(4,5)6/h7-11,14,17,21,24,26H,12-13,15-16H2,1-6H3,(H2,31,35)(H,32,36)(H,33,38). The van der Waals surface area contributed by atoms with Crippen molar-refractivity contribution in [3.8, 4) is 0 Å². The van der Waals surface area contributed by atoms with E-state index >= 15 is 0 Å². The third-order valence-corrected chi connectivity index (χ3v) is 6.51. The maximum Gasteiger partial charge on any atom is 0.408 e. The Balaban J connectivity index is 2.03. The van der Waals surface area contributed by atoms with Crippen LogP contribution in [0.5, 0.6) is 0 Å². The number of nitrogens with zero attached hydrogens (tertiary/aromatic N) is 1. The molecule has 0 aromatic heterocycles. The summed E-state index contributed by atoms with van der Waals surface area (Å²) in [6.45, 7) is 10.9. The van der Waals surface area contributed by atoms with E-state index in [0.717, 1.165) is 29.5 Å². The summed E-state index contributed by atoms with van der Waals surface area (Å²) in [6.07, 6.45) is 0.525. The number of para-hydroxylation sites is 1. The molecule has 2 aromatic carbocycles. The van der Waals surface area contributed by atoms with Gasteiger partial charge in [-0.1, -0.05) is 42.0 Å². The second-order valence-corrected chi connectivity index (χ2v) is 11.2. The predicted octanol–water partition coefficient (Wildman–Crippen LogP) is 4.44. The van der Waals surface area contributed by atoms with Crippen molar-refractivity contribution in [1.82, 2.24) is 10.2 Å². The molecule has 0 radical (unpaired) electrons. The maximum atomic E-state index is 14.2. The number of nitrogens with two attached hydrogens (primary N) is 1. The number of anilines is 1. The van der Waals surface area contributed by atoms with Crippen LogP contribution >= 0.6 is 0 Å². The van der Waals surface area contributed by atoms with E-state index in [1.807, 2.05) is 63.2 Å². The number of aryl methyl sites for hydroxylation is 3. The highest BCUT2D eigenvalue weighted by Crippen LogP contribution is 2.37. The van der Waals surface area contributed by atoms with Crippen molar-refractivity contribution in [2.45, 2.75) is 91.0 Å². The first-order valence-corrected chi connectivity index (χ1v) is 13.3. The second-order valence-electron chi connectivity index (χ2n) is 11.2. The summed E-state index contributed by atoms with van der Waals surface area (Å²) < 4.78 is 5.38. The molecule has 4 amide bonds. The lowest BCUT2D eigenvalue weighted by Gasteiger charge is -2.35. The minimum Gasteiger partial charge on any atom is -0.444 e. The van der Waals surface area contributed by atoms with Crippen LogP contribution < -0.4 is 16.4 Å². The first kappa shape index (κ1) is 29.7. The van der Waals surface area contributed by atoms with Crippen LogP contribution in [0.4, 0.5) is 10.5 Å². The molecule has 0 aliphatic heterocycles. The number of nitrogens with one attached hydrogen (secondary N) is 2. The van der Waals surface area contributed by atoms with Crippen molar-refractivity contribution in [1.29, 1.82) is 0 Å². The summed E-state index contributed by atoms with van der Waals surface area (Å²) in [5, 5.41) is 5.64. The fourth-order valence-corrected chi connectivity index (χ4v) is 4.51. The van der Waals surface area contributed by atoms with Crippen molar-refractivity contribution < 1.29 is 23.9 Å². The fraction of sp³-hybridized carbons (Fsp3) is 0.467. The molecular formula is C30H40N4O5. The number of hydrogen-bond acceptors (Lipinski definition) is 5. The largest absolute Gasteiger partial charge is 0.444 e. The van der Waals surface area contributed by atoms with Crippen LogP contribution in [-0.4, -0.2) is 46.4 Å². The molecule has 0 heterocycles. The highest BCUT2D eigenvalue weighted by molar-refractivity contribution is 6.00. The van der Waals surface area contributed by atoms with Crippen LogP contribution in [0.15, 0.2) is 42.5 Å². The topological polar surface area (TPSA) is 131 Å². The molecule has 1 aliphatic rings. The number of benzene rings is 2. The third kappa shape index (κ3) is 8.30. The summed E-state index contributed by atoms with van der Waals surface area (Å²) in [5.41, 5.74) is 8.73. The van der Waals surface area contributed by atoms with E-state index in [1.165, 1.54) is 0 Å². The summed E-state index contributed by atoms with van der Waals surface area (Å²) in [5.74, 6) is -1.42. The zero-order valence-corrected chi connectivity index (χ0v) is 23.7. The van der Waals surface area contributed by atoms with E-state index in [4.69, 9.17) is 10.5 Å². The van der Waals surface area contributed by atoms with Gasteiger partial charge in [-0.05, 0) is 83.6 Å². The van der Waals surface area contributed by atoms with E-state index in [9.17, 15) is 19.2 Å². The van der Waals surface area contributed by atoms with Crippen LogP contribution in [0.25, 0.3) is 0 Å². The quantitative estimate of drug-likeness (QED) is 0.413. The fourth-order valence-electron chi connectivity index (χ4n) is 4.51. The maximum absolute atomic E-state index is 14.2. The molecule has 210 valence electrons. The van der Waals surface area contributed by atoms with Crippen molar-refractivity contribution in [3.63, 3.8) is 0 Å². The Hall–Kier alpha value is -3.88. The molecule has 39 heavy (non-hydrogen) atoms. The molecule has 9 nitrogen and oxygen atoms in total. The van der Waals surface area contributed by atoms with E-state index in [0.29, 0.717) is 11.3 Å². The van der Waals surface area contributed by atoms with Gasteiger partial charge in [-0.15, -0.1) is 0 Å². The van der Waals surface area contributed by atoms with Crippen LogP contribution in [0.1, 0.15) is 74.8 Å². The van der Waals surface area contributed by atoms with Crippen LogP contribution in [-0.2, 0) is 19.1 Å². The second kappa shape index (κ2) is 12.3. The summed E-state index contributed by atoms with van der Waals surface area (Å²) in [4.78, 5) is 54.0. The minimum absolute atomic E-state index is 0.0182. The van der Waals surface area contributed by atoms with Crippen LogP contribution in [0.3, 0.4) is 0 Å². The average molecular weight is 537 g/mol. The van der Waals surface area contributed by atoms with E-state index in [-0.39, 0.29) is 24.8 Å². The van der Waals surface area contributed by atoms with Crippen LogP contribution in [0.2, 0.25) is 0 Å². The van der Waals surface area contributed by atoms with Crippen molar-refractivity contribution >= 4 is 29.5 Å². The molecule has 0 bridgehead atoms. The number of carbonyl (C=O) groups is 4. The highest BCUT2D eigenvalue weighted by Gasteiger charge is 2.44. The Morgan fingerprint density at radius 1 is 1.03 bits per heavy atom. The molecule has 2 unspecified atom stereocenters. The lowest BCUT2D eigenvalue weighted by molar-refractivity contribution is -0.141. The SMILES string of the molecule is Cc1ccc(C(C(=O)Nc2ccccc2C)N(C(=O)C(CCC(N)=O)NC(=O)OC(C)(C)C)C2CC2)c(C)c1. The number of alkyl carbamates (subject to hydrolysis) is 1. The van der Waals surface area contributed by atoms with Gasteiger partial charge in [0.15, 0.2) is 0 Å². The monoisotopic (exact) mass is 536 g/mol. The van der Waals surface area contributed by atoms with Gasteiger partial charge in [-0.2, -0.15) is 0 Å². The van der Waals surface area contributed by atoms with E-state index in [2.05, 4.69) is 10.6 Å². The number of carbonyl (C=O) groups excluding carboxylic acids is 4. The minimum atomic E-state index is -1.10.